The second-order valence-corrected chi connectivity index (χ2v) is 8.41. The van der Waals surface area contributed by atoms with Crippen LogP contribution in [0, 0.1) is 6.92 Å². The van der Waals surface area contributed by atoms with E-state index in [4.69, 9.17) is 9.47 Å². The highest BCUT2D eigenvalue weighted by atomic mass is 127. The molecule has 0 saturated carbocycles. The summed E-state index contributed by atoms with van der Waals surface area (Å²) in [5.74, 6) is 2.49. The number of benzene rings is 2. The molecule has 2 N–H and O–H groups in total. The van der Waals surface area contributed by atoms with Crippen molar-refractivity contribution in [2.24, 2.45) is 4.99 Å². The molecule has 2 aromatic carbocycles. The Morgan fingerprint density at radius 2 is 1.70 bits per heavy atom. The number of aryl methyl sites for hydroxylation is 1. The molecule has 182 valence electrons. The van der Waals surface area contributed by atoms with E-state index in [-0.39, 0.29) is 24.0 Å². The summed E-state index contributed by atoms with van der Waals surface area (Å²) in [6.45, 7) is 4.84. The summed E-state index contributed by atoms with van der Waals surface area (Å²) in [4.78, 5) is 8.94. The number of hydrogen-bond acceptors (Lipinski definition) is 5. The van der Waals surface area contributed by atoms with E-state index < -0.39 is 0 Å². The highest BCUT2D eigenvalue weighted by molar-refractivity contribution is 14.0. The molecule has 8 heteroatoms. The number of methoxy groups -OCH3 is 2. The van der Waals surface area contributed by atoms with Crippen LogP contribution in [-0.2, 0) is 6.54 Å². The van der Waals surface area contributed by atoms with Crippen LogP contribution in [0.25, 0.3) is 0 Å². The zero-order chi connectivity index (χ0) is 23.1. The highest BCUT2D eigenvalue weighted by Gasteiger charge is 2.21. The summed E-state index contributed by atoms with van der Waals surface area (Å²) in [7, 11) is 9.33. The second-order valence-electron chi connectivity index (χ2n) is 8.41. The predicted octanol–water partition coefficient (Wildman–Crippen LogP) is 4.03. The van der Waals surface area contributed by atoms with E-state index in [0.717, 1.165) is 55.6 Å². The van der Waals surface area contributed by atoms with Crippen molar-refractivity contribution in [3.05, 3.63) is 47.5 Å². The number of ether oxygens (including phenoxy) is 2. The summed E-state index contributed by atoms with van der Waals surface area (Å²) in [6, 6.07) is 13.0. The van der Waals surface area contributed by atoms with Gasteiger partial charge in [0.15, 0.2) is 5.96 Å². The van der Waals surface area contributed by atoms with Crippen LogP contribution in [0.15, 0.2) is 41.4 Å². The van der Waals surface area contributed by atoms with Crippen molar-refractivity contribution in [2.75, 3.05) is 58.3 Å². The summed E-state index contributed by atoms with van der Waals surface area (Å²) < 4.78 is 10.8. The number of nitrogens with one attached hydrogen (secondary N) is 2. The molecule has 1 saturated heterocycles. The normalized spacial score (nSPS) is 14.4. The SMILES string of the molecule is CN=C(NCc1ccc(N(C)C)cc1C)NC1CCN(c2cc(OC)cc(OC)c2)CC1.I. The van der Waals surface area contributed by atoms with Crippen molar-refractivity contribution in [3.8, 4) is 11.5 Å². The van der Waals surface area contributed by atoms with Crippen molar-refractivity contribution >= 4 is 41.3 Å². The molecule has 1 heterocycles. The Morgan fingerprint density at radius 3 is 2.21 bits per heavy atom. The lowest BCUT2D eigenvalue weighted by Crippen LogP contribution is -2.48. The van der Waals surface area contributed by atoms with E-state index in [2.05, 4.69) is 76.8 Å². The van der Waals surface area contributed by atoms with Gasteiger partial charge >= 0.3 is 0 Å². The first-order valence-corrected chi connectivity index (χ1v) is 11.2. The maximum Gasteiger partial charge on any atom is 0.191 e. The first-order chi connectivity index (χ1) is 15.4. The third-order valence-electron chi connectivity index (χ3n) is 6.05. The molecule has 1 fully saturated rings. The molecule has 0 amide bonds. The molecular weight excluding hydrogens is 529 g/mol. The zero-order valence-electron chi connectivity index (χ0n) is 20.6. The van der Waals surface area contributed by atoms with Crippen LogP contribution in [0.4, 0.5) is 11.4 Å². The number of aliphatic imine (C=N–C) groups is 1. The van der Waals surface area contributed by atoms with Gasteiger partial charge in [-0.2, -0.15) is 0 Å². The van der Waals surface area contributed by atoms with E-state index in [0.29, 0.717) is 6.04 Å². The number of piperidine rings is 1. The van der Waals surface area contributed by atoms with Gasteiger partial charge in [0.2, 0.25) is 0 Å². The van der Waals surface area contributed by atoms with Crippen molar-refractivity contribution in [1.29, 1.82) is 0 Å². The Kier molecular flexibility index (Phi) is 10.4. The summed E-state index contributed by atoms with van der Waals surface area (Å²) in [5, 5.41) is 7.07. The monoisotopic (exact) mass is 567 g/mol. The van der Waals surface area contributed by atoms with Crippen LogP contribution in [0.3, 0.4) is 0 Å². The third-order valence-corrected chi connectivity index (χ3v) is 6.05. The lowest BCUT2D eigenvalue weighted by atomic mass is 10.0. The fourth-order valence-corrected chi connectivity index (χ4v) is 3.98. The third kappa shape index (κ3) is 7.31. The van der Waals surface area contributed by atoms with Crippen LogP contribution in [0.5, 0.6) is 11.5 Å². The van der Waals surface area contributed by atoms with Gasteiger partial charge in [-0.05, 0) is 43.0 Å². The number of hydrogen-bond donors (Lipinski definition) is 2. The van der Waals surface area contributed by atoms with Gasteiger partial charge in [-0.15, -0.1) is 24.0 Å². The van der Waals surface area contributed by atoms with E-state index in [1.165, 1.54) is 16.8 Å². The Morgan fingerprint density at radius 1 is 1.06 bits per heavy atom. The number of halogens is 1. The summed E-state index contributed by atoms with van der Waals surface area (Å²) >= 11 is 0. The lowest BCUT2D eigenvalue weighted by Gasteiger charge is -2.34. The average Bonchev–Trinajstić information content (AvgIpc) is 2.82. The van der Waals surface area contributed by atoms with Crippen LogP contribution in [0.1, 0.15) is 24.0 Å². The van der Waals surface area contributed by atoms with Crippen molar-refractivity contribution < 1.29 is 9.47 Å². The fraction of sp³-hybridized carbons (Fsp3) is 0.480. The van der Waals surface area contributed by atoms with Crippen LogP contribution in [-0.4, -0.2) is 60.5 Å². The van der Waals surface area contributed by atoms with Crippen LogP contribution >= 0.6 is 24.0 Å². The molecule has 0 aliphatic carbocycles. The van der Waals surface area contributed by atoms with E-state index in [9.17, 15) is 0 Å². The van der Waals surface area contributed by atoms with Crippen LogP contribution in [0.2, 0.25) is 0 Å². The molecular formula is C25H38IN5O2. The van der Waals surface area contributed by atoms with Crippen LogP contribution < -0.4 is 29.9 Å². The number of anilines is 2. The van der Waals surface area contributed by atoms with Crippen molar-refractivity contribution in [2.45, 2.75) is 32.4 Å². The first-order valence-electron chi connectivity index (χ1n) is 11.2. The molecule has 0 bridgehead atoms. The maximum absolute atomic E-state index is 5.42. The Balaban J connectivity index is 0.00000385. The smallest absolute Gasteiger partial charge is 0.191 e. The van der Waals surface area contributed by atoms with Gasteiger partial charge in [-0.25, -0.2) is 0 Å². The molecule has 0 radical (unpaired) electrons. The van der Waals surface area contributed by atoms with Gasteiger partial charge in [0.25, 0.3) is 0 Å². The van der Waals surface area contributed by atoms with Gasteiger partial charge in [-0.3, -0.25) is 4.99 Å². The van der Waals surface area contributed by atoms with E-state index in [1.54, 1.807) is 14.2 Å². The second kappa shape index (κ2) is 12.8. The molecule has 3 rings (SSSR count). The summed E-state index contributed by atoms with van der Waals surface area (Å²) in [5.41, 5.74) is 4.91. The Labute approximate surface area is 215 Å². The number of rotatable bonds is 7. The van der Waals surface area contributed by atoms with Gasteiger partial charge in [-0.1, -0.05) is 6.07 Å². The van der Waals surface area contributed by atoms with E-state index in [1.807, 2.05) is 13.1 Å². The van der Waals surface area contributed by atoms with Gasteiger partial charge in [0, 0.05) is 76.4 Å². The summed E-state index contributed by atoms with van der Waals surface area (Å²) in [6.07, 6.45) is 2.08. The van der Waals surface area contributed by atoms with Gasteiger partial charge < -0.3 is 29.9 Å². The largest absolute Gasteiger partial charge is 0.497 e. The van der Waals surface area contributed by atoms with Crippen molar-refractivity contribution in [3.63, 3.8) is 0 Å². The molecule has 0 unspecified atom stereocenters. The molecule has 1 aliphatic heterocycles. The molecule has 33 heavy (non-hydrogen) atoms. The zero-order valence-corrected chi connectivity index (χ0v) is 23.0. The maximum atomic E-state index is 5.42. The minimum atomic E-state index is 0. The standard InChI is InChI=1S/C25H37N5O2.HI/c1-18-13-21(29(3)4)8-7-19(18)17-27-25(26-2)28-20-9-11-30(12-10-20)22-14-23(31-5)16-24(15-22)32-6;/h7-8,13-16,20H,9-12,17H2,1-6H3,(H2,26,27,28);1H. The Bertz CT molecular complexity index is 905. The van der Waals surface area contributed by atoms with Crippen molar-refractivity contribution in [1.82, 2.24) is 10.6 Å². The molecule has 0 atom stereocenters. The molecule has 7 nitrogen and oxygen atoms in total. The number of guanidine groups is 1. The quantitative estimate of drug-likeness (QED) is 0.300. The fourth-order valence-electron chi connectivity index (χ4n) is 3.98. The lowest BCUT2D eigenvalue weighted by molar-refractivity contribution is 0.393. The Hall–Kier alpha value is -2.36. The topological polar surface area (TPSA) is 61.4 Å². The minimum Gasteiger partial charge on any atom is -0.497 e. The predicted molar refractivity (Wildman–Crippen MR) is 149 cm³/mol. The first kappa shape index (κ1) is 26.9. The molecule has 0 spiro atoms. The molecule has 0 aromatic heterocycles. The average molecular weight is 568 g/mol. The molecule has 1 aliphatic rings. The van der Waals surface area contributed by atoms with E-state index >= 15 is 0 Å². The molecule has 2 aromatic rings. The number of nitrogens with zero attached hydrogens (tertiary/aromatic N) is 3. The van der Waals surface area contributed by atoms with Gasteiger partial charge in [0.1, 0.15) is 11.5 Å². The minimum absolute atomic E-state index is 0. The van der Waals surface area contributed by atoms with Gasteiger partial charge in [0.05, 0.1) is 14.2 Å². The highest BCUT2D eigenvalue weighted by Crippen LogP contribution is 2.30.